The van der Waals surface area contributed by atoms with E-state index in [1.54, 1.807) is 0 Å². The Balaban J connectivity index is 0.000000371. The van der Waals surface area contributed by atoms with Crippen LogP contribution in [0.25, 0.3) is 0 Å². The summed E-state index contributed by atoms with van der Waals surface area (Å²) in [6.45, 7) is 6.94. The smallest absolute Gasteiger partial charge is 0.0891 e. The van der Waals surface area contributed by atoms with Crippen molar-refractivity contribution in [2.45, 2.75) is 20.8 Å². The van der Waals surface area contributed by atoms with Crippen LogP contribution in [0, 0.1) is 0 Å². The van der Waals surface area contributed by atoms with Gasteiger partial charge in [0.15, 0.2) is 0 Å². The van der Waals surface area contributed by atoms with Crippen LogP contribution in [0.5, 0.6) is 0 Å². The van der Waals surface area contributed by atoms with Crippen LogP contribution >= 0.6 is 0 Å². The van der Waals surface area contributed by atoms with Crippen molar-refractivity contribution in [2.75, 3.05) is 13.6 Å². The van der Waals surface area contributed by atoms with Crippen LogP contribution < -0.4 is 0 Å². The molecule has 0 radical (unpaired) electrons. The van der Waals surface area contributed by atoms with E-state index in [9.17, 15) is 0 Å². The first-order valence-electron chi connectivity index (χ1n) is 3.68. The molecule has 1 aliphatic rings. The van der Waals surface area contributed by atoms with E-state index in [-0.39, 0.29) is 0 Å². The SMILES string of the molecule is CC.CC1=CN(C)C=NC1. The highest BCUT2D eigenvalue weighted by Gasteiger charge is 1.93. The van der Waals surface area contributed by atoms with Gasteiger partial charge >= 0.3 is 0 Å². The Morgan fingerprint density at radius 2 is 2.10 bits per heavy atom. The van der Waals surface area contributed by atoms with Crippen molar-refractivity contribution in [2.24, 2.45) is 4.99 Å². The van der Waals surface area contributed by atoms with Gasteiger partial charge in [0.1, 0.15) is 0 Å². The Labute approximate surface area is 63.3 Å². The van der Waals surface area contributed by atoms with Crippen LogP contribution in [-0.4, -0.2) is 24.8 Å². The Morgan fingerprint density at radius 3 is 2.40 bits per heavy atom. The molecule has 0 saturated carbocycles. The second-order valence-corrected chi connectivity index (χ2v) is 2.10. The second kappa shape index (κ2) is 5.03. The van der Waals surface area contributed by atoms with E-state index in [2.05, 4.69) is 18.1 Å². The molecule has 0 aromatic rings. The Hall–Kier alpha value is -0.790. The van der Waals surface area contributed by atoms with E-state index in [1.165, 1.54) is 5.57 Å². The van der Waals surface area contributed by atoms with Crippen LogP contribution in [0.2, 0.25) is 0 Å². The molecule has 2 nitrogen and oxygen atoms in total. The molecule has 58 valence electrons. The molecule has 2 heteroatoms. The molecule has 1 heterocycles. The van der Waals surface area contributed by atoms with Crippen LogP contribution in [0.4, 0.5) is 0 Å². The lowest BCUT2D eigenvalue weighted by atomic mass is 10.3. The first kappa shape index (κ1) is 9.21. The summed E-state index contributed by atoms with van der Waals surface area (Å²) in [6.07, 6.45) is 3.90. The number of rotatable bonds is 0. The third-order valence-corrected chi connectivity index (χ3v) is 1.03. The summed E-state index contributed by atoms with van der Waals surface area (Å²) >= 11 is 0. The summed E-state index contributed by atoms with van der Waals surface area (Å²) in [7, 11) is 1.98. The second-order valence-electron chi connectivity index (χ2n) is 2.10. The first-order chi connectivity index (χ1) is 4.79. The van der Waals surface area contributed by atoms with Crippen LogP contribution in [0.15, 0.2) is 16.8 Å². The predicted molar refractivity (Wildman–Crippen MR) is 46.2 cm³/mol. The highest BCUT2D eigenvalue weighted by Crippen LogP contribution is 1.98. The summed E-state index contributed by atoms with van der Waals surface area (Å²) in [6, 6.07) is 0. The van der Waals surface area contributed by atoms with E-state index >= 15 is 0 Å². The molecule has 1 aliphatic heterocycles. The lowest BCUT2D eigenvalue weighted by molar-refractivity contribution is 0.680. The molecule has 0 spiro atoms. The van der Waals surface area contributed by atoms with Crippen molar-refractivity contribution in [3.05, 3.63) is 11.8 Å². The Kier molecular flexibility index (Phi) is 4.63. The summed E-state index contributed by atoms with van der Waals surface area (Å²) in [5.74, 6) is 0. The van der Waals surface area contributed by atoms with E-state index in [4.69, 9.17) is 0 Å². The molecule has 0 saturated heterocycles. The van der Waals surface area contributed by atoms with Crippen LogP contribution in [-0.2, 0) is 0 Å². The molecule has 0 aromatic heterocycles. The van der Waals surface area contributed by atoms with Crippen molar-refractivity contribution in [3.63, 3.8) is 0 Å². The zero-order chi connectivity index (χ0) is 7.98. The average molecular weight is 140 g/mol. The fraction of sp³-hybridized carbons (Fsp3) is 0.625. The predicted octanol–water partition coefficient (Wildman–Crippen LogP) is 1.89. The Bertz CT molecular complexity index is 136. The monoisotopic (exact) mass is 140 g/mol. The van der Waals surface area contributed by atoms with Crippen molar-refractivity contribution in [1.82, 2.24) is 4.90 Å². The largest absolute Gasteiger partial charge is 0.342 e. The van der Waals surface area contributed by atoms with E-state index < -0.39 is 0 Å². The van der Waals surface area contributed by atoms with Gasteiger partial charge in [0.25, 0.3) is 0 Å². The molecule has 0 fully saturated rings. The minimum absolute atomic E-state index is 0.865. The number of nitrogens with zero attached hydrogens (tertiary/aromatic N) is 2. The van der Waals surface area contributed by atoms with Gasteiger partial charge in [-0.3, -0.25) is 4.99 Å². The maximum Gasteiger partial charge on any atom is 0.0891 e. The van der Waals surface area contributed by atoms with Gasteiger partial charge in [-0.25, -0.2) is 0 Å². The maximum absolute atomic E-state index is 4.07. The molecule has 0 amide bonds. The topological polar surface area (TPSA) is 15.6 Å². The molecule has 0 unspecified atom stereocenters. The molecule has 0 bridgehead atoms. The number of aliphatic imine (C=N–C) groups is 1. The van der Waals surface area contributed by atoms with Gasteiger partial charge in [0, 0.05) is 13.2 Å². The fourth-order valence-electron chi connectivity index (χ4n) is 0.735. The highest BCUT2D eigenvalue weighted by molar-refractivity contribution is 5.58. The van der Waals surface area contributed by atoms with Gasteiger partial charge in [-0.05, 0) is 12.5 Å². The van der Waals surface area contributed by atoms with Gasteiger partial charge in [-0.15, -0.1) is 0 Å². The molecule has 1 rings (SSSR count). The van der Waals surface area contributed by atoms with Gasteiger partial charge < -0.3 is 4.90 Å². The highest BCUT2D eigenvalue weighted by atomic mass is 15.1. The van der Waals surface area contributed by atoms with Crippen molar-refractivity contribution in [3.8, 4) is 0 Å². The first-order valence-corrected chi connectivity index (χ1v) is 3.68. The summed E-state index contributed by atoms with van der Waals surface area (Å²) < 4.78 is 0. The Morgan fingerprint density at radius 1 is 1.50 bits per heavy atom. The van der Waals surface area contributed by atoms with Crippen molar-refractivity contribution >= 4 is 6.34 Å². The average Bonchev–Trinajstić information content (AvgIpc) is 1.91. The third kappa shape index (κ3) is 3.28. The summed E-state index contributed by atoms with van der Waals surface area (Å²) in [5.41, 5.74) is 1.31. The van der Waals surface area contributed by atoms with E-state index in [0.29, 0.717) is 0 Å². The van der Waals surface area contributed by atoms with Gasteiger partial charge in [-0.1, -0.05) is 13.8 Å². The fourth-order valence-corrected chi connectivity index (χ4v) is 0.735. The minimum Gasteiger partial charge on any atom is -0.342 e. The van der Waals surface area contributed by atoms with E-state index in [1.807, 2.05) is 32.1 Å². The molecular weight excluding hydrogens is 124 g/mol. The minimum atomic E-state index is 0.865. The zero-order valence-corrected chi connectivity index (χ0v) is 7.26. The van der Waals surface area contributed by atoms with Crippen LogP contribution in [0.3, 0.4) is 0 Å². The lowest BCUT2D eigenvalue weighted by Crippen LogP contribution is -2.12. The zero-order valence-electron chi connectivity index (χ0n) is 7.26. The lowest BCUT2D eigenvalue weighted by Gasteiger charge is -2.12. The van der Waals surface area contributed by atoms with Crippen LogP contribution in [0.1, 0.15) is 20.8 Å². The molecular formula is C8H16N2. The number of hydrogen-bond donors (Lipinski definition) is 0. The van der Waals surface area contributed by atoms with Gasteiger partial charge in [-0.2, -0.15) is 0 Å². The summed E-state index contributed by atoms with van der Waals surface area (Å²) in [4.78, 5) is 6.03. The summed E-state index contributed by atoms with van der Waals surface area (Å²) in [5, 5.41) is 0. The van der Waals surface area contributed by atoms with Crippen molar-refractivity contribution < 1.29 is 0 Å². The van der Waals surface area contributed by atoms with E-state index in [0.717, 1.165) is 6.54 Å². The van der Waals surface area contributed by atoms with Gasteiger partial charge in [0.05, 0.1) is 12.9 Å². The quantitative estimate of drug-likeness (QED) is 0.501. The third-order valence-electron chi connectivity index (χ3n) is 1.03. The molecule has 0 aromatic carbocycles. The maximum atomic E-state index is 4.07. The van der Waals surface area contributed by atoms with Crippen molar-refractivity contribution in [1.29, 1.82) is 0 Å². The molecule has 0 N–H and O–H groups in total. The molecule has 0 aliphatic carbocycles. The molecule has 0 atom stereocenters. The molecule has 10 heavy (non-hydrogen) atoms. The van der Waals surface area contributed by atoms with Gasteiger partial charge in [0.2, 0.25) is 0 Å². The normalized spacial score (nSPS) is 15.6. The number of hydrogen-bond acceptors (Lipinski definition) is 2. The standard InChI is InChI=1S/C6H10N2.C2H6/c1-6-3-7-5-8(2)4-6;1-2/h4-5H,3H2,1-2H3;1-2H3.